The van der Waals surface area contributed by atoms with Gasteiger partial charge in [0.05, 0.1) is 17.2 Å². The van der Waals surface area contributed by atoms with Crippen molar-refractivity contribution in [2.75, 3.05) is 5.73 Å². The van der Waals surface area contributed by atoms with E-state index in [-0.39, 0.29) is 0 Å². The highest BCUT2D eigenvalue weighted by Crippen LogP contribution is 2.24. The molecule has 0 saturated carbocycles. The normalized spacial score (nSPS) is 11.2. The summed E-state index contributed by atoms with van der Waals surface area (Å²) in [5, 5.41) is 2.34. The molecule has 0 spiro atoms. The van der Waals surface area contributed by atoms with E-state index in [2.05, 4.69) is 53.3 Å². The van der Waals surface area contributed by atoms with Gasteiger partial charge in [-0.15, -0.1) is 0 Å². The summed E-state index contributed by atoms with van der Waals surface area (Å²) >= 11 is 0. The maximum Gasteiger partial charge on any atom is 0.0891 e. The minimum atomic E-state index is 0.806. The van der Waals surface area contributed by atoms with Gasteiger partial charge in [-0.1, -0.05) is 24.3 Å². The summed E-state index contributed by atoms with van der Waals surface area (Å²) < 4.78 is 0. The number of fused-ring (bicyclic) bond motifs is 3. The second-order valence-corrected chi connectivity index (χ2v) is 6.30. The zero-order chi connectivity index (χ0) is 16.5. The van der Waals surface area contributed by atoms with E-state index in [1.165, 1.54) is 27.5 Å². The van der Waals surface area contributed by atoms with Crippen molar-refractivity contribution in [3.05, 3.63) is 77.6 Å². The molecule has 0 amide bonds. The lowest BCUT2D eigenvalue weighted by molar-refractivity contribution is 0.955. The number of aromatic nitrogens is 2. The van der Waals surface area contributed by atoms with Crippen molar-refractivity contribution < 1.29 is 0 Å². The maximum absolute atomic E-state index is 5.74. The van der Waals surface area contributed by atoms with Gasteiger partial charge in [0.2, 0.25) is 0 Å². The number of pyridine rings is 2. The monoisotopic (exact) mass is 313 g/mol. The zero-order valence-corrected chi connectivity index (χ0v) is 13.7. The minimum Gasteiger partial charge on any atom is -0.399 e. The summed E-state index contributed by atoms with van der Waals surface area (Å²) in [6, 6.07) is 16.7. The molecule has 2 N–H and O–H groups in total. The molecule has 0 aliphatic carbocycles. The lowest BCUT2D eigenvalue weighted by Crippen LogP contribution is -1.94. The molecule has 2 aromatic carbocycles. The predicted octanol–water partition coefficient (Wildman–Crippen LogP) is 4.46. The van der Waals surface area contributed by atoms with E-state index < -0.39 is 0 Å². The summed E-state index contributed by atoms with van der Waals surface area (Å²) in [7, 11) is 0. The van der Waals surface area contributed by atoms with Gasteiger partial charge in [0.25, 0.3) is 0 Å². The third-order valence-electron chi connectivity index (χ3n) is 4.43. The molecule has 0 fully saturated rings. The summed E-state index contributed by atoms with van der Waals surface area (Å²) in [4.78, 5) is 9.12. The van der Waals surface area contributed by atoms with Gasteiger partial charge in [-0.25, -0.2) is 0 Å². The second-order valence-electron chi connectivity index (χ2n) is 6.30. The number of rotatable bonds is 3. The lowest BCUT2D eigenvalue weighted by Gasteiger charge is -2.07. The molecule has 2 aromatic heterocycles. The van der Waals surface area contributed by atoms with Gasteiger partial charge in [-0.2, -0.15) is 0 Å². The predicted molar refractivity (Wildman–Crippen MR) is 100 cm³/mol. The van der Waals surface area contributed by atoms with Crippen LogP contribution in [0.1, 0.15) is 16.7 Å². The summed E-state index contributed by atoms with van der Waals surface area (Å²) in [6.45, 7) is 2.09. The zero-order valence-electron chi connectivity index (χ0n) is 13.7. The van der Waals surface area contributed by atoms with Crippen molar-refractivity contribution >= 4 is 27.5 Å². The van der Waals surface area contributed by atoms with Crippen LogP contribution in [0.15, 0.2) is 60.9 Å². The molecular formula is C21H19N3. The van der Waals surface area contributed by atoms with Crippen LogP contribution in [0.2, 0.25) is 0 Å². The molecule has 0 unspecified atom stereocenters. The molecule has 118 valence electrons. The van der Waals surface area contributed by atoms with E-state index >= 15 is 0 Å². The first-order chi connectivity index (χ1) is 11.7. The van der Waals surface area contributed by atoms with E-state index in [0.717, 1.165) is 29.6 Å². The lowest BCUT2D eigenvalue weighted by atomic mass is 10.0. The van der Waals surface area contributed by atoms with Gasteiger partial charge >= 0.3 is 0 Å². The highest BCUT2D eigenvalue weighted by Gasteiger charge is 2.05. The second kappa shape index (κ2) is 5.93. The van der Waals surface area contributed by atoms with Gasteiger partial charge < -0.3 is 5.73 Å². The molecule has 0 aliphatic rings. The van der Waals surface area contributed by atoms with Crippen LogP contribution in [0.4, 0.5) is 5.69 Å². The average Bonchev–Trinajstić information content (AvgIpc) is 2.60. The number of hydrogen-bond donors (Lipinski definition) is 1. The first-order valence-corrected chi connectivity index (χ1v) is 8.17. The fourth-order valence-corrected chi connectivity index (χ4v) is 3.05. The Kier molecular flexibility index (Phi) is 3.62. The SMILES string of the molecule is Cc1ccc2c(c1)ncc1ncc(CCc3ccc(N)cc3)cc12. The van der Waals surface area contributed by atoms with E-state index in [4.69, 9.17) is 5.73 Å². The van der Waals surface area contributed by atoms with Crippen LogP contribution < -0.4 is 5.73 Å². The molecule has 0 atom stereocenters. The third kappa shape index (κ3) is 2.81. The standard InChI is InChI=1S/C21H19N3/c1-14-2-9-18-19-11-16(4-3-15-5-7-17(22)8-6-15)12-23-21(19)13-24-20(18)10-14/h2,5-13H,3-4,22H2,1H3. The topological polar surface area (TPSA) is 51.8 Å². The quantitative estimate of drug-likeness (QED) is 0.449. The first kappa shape index (κ1) is 14.6. The molecule has 0 saturated heterocycles. The molecule has 3 heteroatoms. The maximum atomic E-state index is 5.74. The summed E-state index contributed by atoms with van der Waals surface area (Å²) in [6.07, 6.45) is 5.76. The number of benzene rings is 2. The molecular weight excluding hydrogens is 294 g/mol. The fourth-order valence-electron chi connectivity index (χ4n) is 3.05. The molecule has 0 radical (unpaired) electrons. The van der Waals surface area contributed by atoms with E-state index in [0.29, 0.717) is 0 Å². The van der Waals surface area contributed by atoms with E-state index in [1.54, 1.807) is 0 Å². The van der Waals surface area contributed by atoms with Crippen molar-refractivity contribution in [2.24, 2.45) is 0 Å². The highest BCUT2D eigenvalue weighted by atomic mass is 14.7. The largest absolute Gasteiger partial charge is 0.399 e. The van der Waals surface area contributed by atoms with Crippen LogP contribution in [-0.4, -0.2) is 9.97 Å². The number of nitrogens with two attached hydrogens (primary N) is 1. The van der Waals surface area contributed by atoms with Crippen molar-refractivity contribution in [1.29, 1.82) is 0 Å². The third-order valence-corrected chi connectivity index (χ3v) is 4.43. The Morgan fingerprint density at radius 1 is 0.750 bits per heavy atom. The van der Waals surface area contributed by atoms with Crippen LogP contribution in [0.3, 0.4) is 0 Å². The van der Waals surface area contributed by atoms with Crippen molar-refractivity contribution in [3.8, 4) is 0 Å². The van der Waals surface area contributed by atoms with Crippen molar-refractivity contribution in [3.63, 3.8) is 0 Å². The van der Waals surface area contributed by atoms with Crippen LogP contribution >= 0.6 is 0 Å². The van der Waals surface area contributed by atoms with Gasteiger partial charge in [-0.05, 0) is 60.7 Å². The van der Waals surface area contributed by atoms with Crippen LogP contribution in [0.25, 0.3) is 21.8 Å². The first-order valence-electron chi connectivity index (χ1n) is 8.17. The smallest absolute Gasteiger partial charge is 0.0891 e. The highest BCUT2D eigenvalue weighted by molar-refractivity contribution is 6.04. The Hall–Kier alpha value is -2.94. The van der Waals surface area contributed by atoms with E-state index in [9.17, 15) is 0 Å². The van der Waals surface area contributed by atoms with Gasteiger partial charge in [0, 0.05) is 22.7 Å². The van der Waals surface area contributed by atoms with Crippen LogP contribution in [0, 0.1) is 6.92 Å². The average molecular weight is 313 g/mol. The molecule has 4 rings (SSSR count). The van der Waals surface area contributed by atoms with E-state index in [1.807, 2.05) is 24.5 Å². The van der Waals surface area contributed by atoms with Gasteiger partial charge in [-0.3, -0.25) is 9.97 Å². The Labute approximate surface area is 141 Å². The number of hydrogen-bond acceptors (Lipinski definition) is 3. The summed E-state index contributed by atoms with van der Waals surface area (Å²) in [5.41, 5.74) is 12.3. The Bertz CT molecular complexity index is 1020. The molecule has 4 aromatic rings. The van der Waals surface area contributed by atoms with Gasteiger partial charge in [0.15, 0.2) is 0 Å². The Morgan fingerprint density at radius 3 is 2.33 bits per heavy atom. The molecule has 3 nitrogen and oxygen atoms in total. The van der Waals surface area contributed by atoms with Crippen LogP contribution in [-0.2, 0) is 12.8 Å². The molecule has 2 heterocycles. The minimum absolute atomic E-state index is 0.806. The number of nitrogens with zero attached hydrogens (tertiary/aromatic N) is 2. The number of anilines is 1. The molecule has 0 bridgehead atoms. The fraction of sp³-hybridized carbons (Fsp3) is 0.143. The van der Waals surface area contributed by atoms with Crippen molar-refractivity contribution in [1.82, 2.24) is 9.97 Å². The summed E-state index contributed by atoms with van der Waals surface area (Å²) in [5.74, 6) is 0. The Balaban J connectivity index is 1.68. The van der Waals surface area contributed by atoms with Crippen molar-refractivity contribution in [2.45, 2.75) is 19.8 Å². The Morgan fingerprint density at radius 2 is 1.50 bits per heavy atom. The molecule has 0 aliphatic heterocycles. The van der Waals surface area contributed by atoms with Gasteiger partial charge in [0.1, 0.15) is 0 Å². The molecule has 24 heavy (non-hydrogen) atoms. The number of aryl methyl sites for hydroxylation is 3. The van der Waals surface area contributed by atoms with Crippen LogP contribution in [0.5, 0.6) is 0 Å². The number of nitrogen functional groups attached to an aromatic ring is 1.